The molecule has 0 aromatic heterocycles. The van der Waals surface area contributed by atoms with E-state index < -0.39 is 0 Å². The Labute approximate surface area is 84.4 Å². The fraction of sp³-hybridized carbons (Fsp3) is 0.900. The Balaban J connectivity index is 1.57. The van der Waals surface area contributed by atoms with Gasteiger partial charge in [0.25, 0.3) is 0 Å². The van der Waals surface area contributed by atoms with E-state index in [1.54, 1.807) is 0 Å². The topological polar surface area (TPSA) is 50.4 Å². The summed E-state index contributed by atoms with van der Waals surface area (Å²) in [7, 11) is 0. The molecule has 0 aromatic rings. The third-order valence-electron chi connectivity index (χ3n) is 2.91. The van der Waals surface area contributed by atoms with E-state index >= 15 is 0 Å². The van der Waals surface area contributed by atoms with Crippen LogP contribution in [0.25, 0.3) is 0 Å². The molecule has 4 nitrogen and oxygen atoms in total. The van der Waals surface area contributed by atoms with Crippen molar-refractivity contribution in [1.82, 2.24) is 10.6 Å². The number of amides is 1. The molecule has 1 aliphatic heterocycles. The Morgan fingerprint density at radius 3 is 2.50 bits per heavy atom. The SMILES string of the molecule is O=C(CNC1CCCC1)NC1COC1. The van der Waals surface area contributed by atoms with Gasteiger partial charge in [-0.05, 0) is 12.8 Å². The number of ether oxygens (including phenoxy) is 1. The molecule has 1 aliphatic carbocycles. The lowest BCUT2D eigenvalue weighted by molar-refractivity contribution is -0.124. The van der Waals surface area contributed by atoms with Crippen LogP contribution in [0, 0.1) is 0 Å². The fourth-order valence-electron chi connectivity index (χ4n) is 1.96. The monoisotopic (exact) mass is 198 g/mol. The van der Waals surface area contributed by atoms with E-state index in [4.69, 9.17) is 4.74 Å². The summed E-state index contributed by atoms with van der Waals surface area (Å²) >= 11 is 0. The average Bonchev–Trinajstić information content (AvgIpc) is 2.60. The summed E-state index contributed by atoms with van der Waals surface area (Å²) in [6.07, 6.45) is 5.05. The highest BCUT2D eigenvalue weighted by molar-refractivity contribution is 5.78. The molecule has 2 aliphatic rings. The standard InChI is InChI=1S/C10H18N2O2/c13-10(12-9-6-14-7-9)5-11-8-3-1-2-4-8/h8-9,11H,1-7H2,(H,12,13). The summed E-state index contributed by atoms with van der Waals surface area (Å²) in [6, 6.07) is 0.825. The van der Waals surface area contributed by atoms with Crippen molar-refractivity contribution in [3.8, 4) is 0 Å². The molecule has 0 aromatic carbocycles. The van der Waals surface area contributed by atoms with Gasteiger partial charge in [-0.1, -0.05) is 12.8 Å². The van der Waals surface area contributed by atoms with E-state index in [-0.39, 0.29) is 11.9 Å². The number of carbonyl (C=O) groups excluding carboxylic acids is 1. The molecule has 1 heterocycles. The van der Waals surface area contributed by atoms with E-state index in [0.29, 0.717) is 25.8 Å². The van der Waals surface area contributed by atoms with Gasteiger partial charge >= 0.3 is 0 Å². The summed E-state index contributed by atoms with van der Waals surface area (Å²) in [6.45, 7) is 1.81. The van der Waals surface area contributed by atoms with E-state index in [2.05, 4.69) is 10.6 Å². The molecule has 0 atom stereocenters. The van der Waals surface area contributed by atoms with Crippen molar-refractivity contribution in [1.29, 1.82) is 0 Å². The summed E-state index contributed by atoms with van der Waals surface area (Å²) in [4.78, 5) is 11.4. The molecule has 1 saturated heterocycles. The largest absolute Gasteiger partial charge is 0.377 e. The molecule has 4 heteroatoms. The number of carbonyl (C=O) groups is 1. The highest BCUT2D eigenvalue weighted by Gasteiger charge is 2.21. The van der Waals surface area contributed by atoms with Gasteiger partial charge in [-0.15, -0.1) is 0 Å². The quantitative estimate of drug-likeness (QED) is 0.670. The number of hydrogen-bond donors (Lipinski definition) is 2. The van der Waals surface area contributed by atoms with Crippen molar-refractivity contribution in [3.63, 3.8) is 0 Å². The predicted octanol–water partition coefficient (Wildman–Crippen LogP) is 0.0336. The van der Waals surface area contributed by atoms with Gasteiger partial charge in [0.15, 0.2) is 0 Å². The van der Waals surface area contributed by atoms with Crippen molar-refractivity contribution in [2.24, 2.45) is 0 Å². The summed E-state index contributed by atoms with van der Waals surface area (Å²) < 4.78 is 4.98. The molecule has 2 N–H and O–H groups in total. The lowest BCUT2D eigenvalue weighted by atomic mass is 10.2. The molecule has 0 spiro atoms. The Bertz CT molecular complexity index is 198. The second-order valence-corrected chi connectivity index (χ2v) is 4.16. The lowest BCUT2D eigenvalue weighted by Crippen LogP contribution is -2.51. The van der Waals surface area contributed by atoms with Gasteiger partial charge in [0.1, 0.15) is 0 Å². The van der Waals surface area contributed by atoms with Crippen molar-refractivity contribution in [2.45, 2.75) is 37.8 Å². The Kier molecular flexibility index (Phi) is 3.37. The molecular weight excluding hydrogens is 180 g/mol. The van der Waals surface area contributed by atoms with E-state index in [9.17, 15) is 4.79 Å². The van der Waals surface area contributed by atoms with Crippen LogP contribution in [0.5, 0.6) is 0 Å². The van der Waals surface area contributed by atoms with Gasteiger partial charge in [0.05, 0.1) is 25.8 Å². The van der Waals surface area contributed by atoms with Crippen molar-refractivity contribution >= 4 is 5.91 Å². The first-order valence-corrected chi connectivity index (χ1v) is 5.45. The minimum atomic E-state index is 0.102. The van der Waals surface area contributed by atoms with E-state index in [1.807, 2.05) is 0 Å². The van der Waals surface area contributed by atoms with Crippen LogP contribution in [-0.4, -0.2) is 37.7 Å². The molecule has 1 amide bonds. The van der Waals surface area contributed by atoms with Crippen LogP contribution in [0.2, 0.25) is 0 Å². The van der Waals surface area contributed by atoms with Crippen molar-refractivity contribution in [3.05, 3.63) is 0 Å². The molecule has 2 rings (SSSR count). The smallest absolute Gasteiger partial charge is 0.234 e. The number of nitrogens with one attached hydrogen (secondary N) is 2. The number of rotatable bonds is 4. The Hall–Kier alpha value is -0.610. The molecule has 2 fully saturated rings. The van der Waals surface area contributed by atoms with Crippen molar-refractivity contribution < 1.29 is 9.53 Å². The van der Waals surface area contributed by atoms with Gasteiger partial charge in [-0.2, -0.15) is 0 Å². The summed E-state index contributed by atoms with van der Waals surface area (Å²) in [5.41, 5.74) is 0. The molecule has 1 saturated carbocycles. The van der Waals surface area contributed by atoms with Crippen LogP contribution < -0.4 is 10.6 Å². The maximum absolute atomic E-state index is 11.4. The maximum atomic E-state index is 11.4. The van der Waals surface area contributed by atoms with Gasteiger partial charge in [-0.3, -0.25) is 4.79 Å². The number of hydrogen-bond acceptors (Lipinski definition) is 3. The van der Waals surface area contributed by atoms with E-state index in [1.165, 1.54) is 25.7 Å². The van der Waals surface area contributed by atoms with E-state index in [0.717, 1.165) is 0 Å². The second-order valence-electron chi connectivity index (χ2n) is 4.16. The van der Waals surface area contributed by atoms with Gasteiger partial charge in [0.2, 0.25) is 5.91 Å². The van der Waals surface area contributed by atoms with Crippen LogP contribution in [0.4, 0.5) is 0 Å². The summed E-state index contributed by atoms with van der Waals surface area (Å²) in [5, 5.41) is 6.20. The molecule has 14 heavy (non-hydrogen) atoms. The molecule has 0 bridgehead atoms. The van der Waals surface area contributed by atoms with Crippen LogP contribution in [0.3, 0.4) is 0 Å². The Morgan fingerprint density at radius 2 is 1.93 bits per heavy atom. The van der Waals surface area contributed by atoms with Crippen molar-refractivity contribution in [2.75, 3.05) is 19.8 Å². The lowest BCUT2D eigenvalue weighted by Gasteiger charge is -2.27. The normalized spacial score (nSPS) is 23.4. The third-order valence-corrected chi connectivity index (χ3v) is 2.91. The van der Waals surface area contributed by atoms with Crippen LogP contribution in [-0.2, 0) is 9.53 Å². The van der Waals surface area contributed by atoms with Crippen LogP contribution >= 0.6 is 0 Å². The zero-order valence-electron chi connectivity index (χ0n) is 8.42. The first-order chi connectivity index (χ1) is 6.84. The van der Waals surface area contributed by atoms with Gasteiger partial charge < -0.3 is 15.4 Å². The zero-order chi connectivity index (χ0) is 9.80. The third kappa shape index (κ3) is 2.69. The van der Waals surface area contributed by atoms with Crippen LogP contribution in [0.1, 0.15) is 25.7 Å². The molecular formula is C10H18N2O2. The molecule has 0 radical (unpaired) electrons. The highest BCUT2D eigenvalue weighted by atomic mass is 16.5. The van der Waals surface area contributed by atoms with Gasteiger partial charge in [-0.25, -0.2) is 0 Å². The minimum absolute atomic E-state index is 0.102. The first kappa shape index (κ1) is 9.93. The first-order valence-electron chi connectivity index (χ1n) is 5.45. The highest BCUT2D eigenvalue weighted by Crippen LogP contribution is 2.17. The zero-order valence-corrected chi connectivity index (χ0v) is 8.42. The fourth-order valence-corrected chi connectivity index (χ4v) is 1.96. The minimum Gasteiger partial charge on any atom is -0.377 e. The molecule has 80 valence electrons. The molecule has 0 unspecified atom stereocenters. The van der Waals surface area contributed by atoms with Crippen LogP contribution in [0.15, 0.2) is 0 Å². The predicted molar refractivity (Wildman–Crippen MR) is 53.0 cm³/mol. The Morgan fingerprint density at radius 1 is 1.21 bits per heavy atom. The summed E-state index contributed by atoms with van der Waals surface area (Å²) in [5.74, 6) is 0.102. The van der Waals surface area contributed by atoms with Gasteiger partial charge in [0, 0.05) is 6.04 Å². The average molecular weight is 198 g/mol. The second kappa shape index (κ2) is 4.75. The maximum Gasteiger partial charge on any atom is 0.234 e.